The lowest BCUT2D eigenvalue weighted by Crippen LogP contribution is -2.37. The van der Waals surface area contributed by atoms with Gasteiger partial charge in [0.2, 0.25) is 0 Å². The largest absolute Gasteiger partial charge is 0.280 e. The maximum atomic E-state index is 13.1. The van der Waals surface area contributed by atoms with Crippen molar-refractivity contribution in [3.63, 3.8) is 0 Å². The van der Waals surface area contributed by atoms with E-state index < -0.39 is 0 Å². The number of carbonyl (C=O) groups excluding carboxylic acids is 1. The summed E-state index contributed by atoms with van der Waals surface area (Å²) in [5.41, 5.74) is 3.62. The van der Waals surface area contributed by atoms with E-state index in [-0.39, 0.29) is 17.4 Å². The topological polar surface area (TPSA) is 64.0 Å². The molecule has 0 radical (unpaired) electrons. The van der Waals surface area contributed by atoms with Crippen LogP contribution in [0.5, 0.6) is 0 Å². The number of rotatable bonds is 3. The minimum Gasteiger partial charge on any atom is -0.267 e. The number of halogens is 1. The number of amides is 1. The molecule has 4 rings (SSSR count). The van der Waals surface area contributed by atoms with Crippen LogP contribution in [0.4, 0.5) is 0 Å². The number of aromatic nitrogens is 2. The quantitative estimate of drug-likeness (QED) is 0.727. The Hall–Kier alpha value is -2.66. The molecule has 1 saturated carbocycles. The molecule has 6 heteroatoms. The molecule has 3 aromatic rings. The average molecular weight is 382 g/mol. The van der Waals surface area contributed by atoms with Crippen LogP contribution in [0.25, 0.3) is 10.9 Å². The first kappa shape index (κ1) is 17.7. The Kier molecular flexibility index (Phi) is 4.94. The summed E-state index contributed by atoms with van der Waals surface area (Å²) >= 11 is 5.90. The summed E-state index contributed by atoms with van der Waals surface area (Å²) < 4.78 is 1.34. The van der Waals surface area contributed by atoms with Crippen molar-refractivity contribution in [2.75, 3.05) is 5.43 Å². The molecule has 1 fully saturated rings. The van der Waals surface area contributed by atoms with Crippen molar-refractivity contribution >= 4 is 28.4 Å². The molecule has 27 heavy (non-hydrogen) atoms. The van der Waals surface area contributed by atoms with Crippen molar-refractivity contribution in [2.45, 2.75) is 38.0 Å². The minimum atomic E-state index is -0.358. The predicted molar refractivity (Wildman–Crippen MR) is 107 cm³/mol. The third kappa shape index (κ3) is 3.60. The first-order valence-corrected chi connectivity index (χ1v) is 9.60. The smallest absolute Gasteiger partial charge is 0.267 e. The molecule has 0 spiro atoms. The second kappa shape index (κ2) is 7.53. The van der Waals surface area contributed by atoms with Crippen molar-refractivity contribution in [3.8, 4) is 0 Å². The maximum Gasteiger partial charge on any atom is 0.280 e. The Morgan fingerprint density at radius 2 is 1.74 bits per heavy atom. The van der Waals surface area contributed by atoms with Gasteiger partial charge in [0.25, 0.3) is 11.5 Å². The van der Waals surface area contributed by atoms with Gasteiger partial charge in [-0.2, -0.15) is 0 Å². The zero-order chi connectivity index (χ0) is 18.8. The highest BCUT2D eigenvalue weighted by Crippen LogP contribution is 2.31. The lowest BCUT2D eigenvalue weighted by molar-refractivity contribution is 0.101. The molecular formula is C21H20ClN3O2. The van der Waals surface area contributed by atoms with E-state index in [9.17, 15) is 9.59 Å². The van der Waals surface area contributed by atoms with Gasteiger partial charge in [-0.3, -0.25) is 15.0 Å². The SMILES string of the molecule is O=C(Nn1c(C2CCCCC2)nc2ccccc2c1=O)c1ccc(Cl)cc1. The van der Waals surface area contributed by atoms with Crippen molar-refractivity contribution in [1.29, 1.82) is 0 Å². The summed E-state index contributed by atoms with van der Waals surface area (Å²) in [5.74, 6) is 0.449. The van der Waals surface area contributed by atoms with Gasteiger partial charge in [-0.15, -0.1) is 0 Å². The van der Waals surface area contributed by atoms with Gasteiger partial charge in [-0.05, 0) is 49.2 Å². The molecule has 0 aliphatic heterocycles. The van der Waals surface area contributed by atoms with Crippen molar-refractivity contribution in [3.05, 3.63) is 75.3 Å². The lowest BCUT2D eigenvalue weighted by atomic mass is 9.88. The van der Waals surface area contributed by atoms with Gasteiger partial charge in [-0.25, -0.2) is 9.66 Å². The molecule has 138 valence electrons. The second-order valence-electron chi connectivity index (χ2n) is 6.91. The highest BCUT2D eigenvalue weighted by Gasteiger charge is 2.23. The highest BCUT2D eigenvalue weighted by molar-refractivity contribution is 6.30. The second-order valence-corrected chi connectivity index (χ2v) is 7.35. The van der Waals surface area contributed by atoms with E-state index >= 15 is 0 Å². The third-order valence-electron chi connectivity index (χ3n) is 5.09. The Morgan fingerprint density at radius 1 is 1.04 bits per heavy atom. The van der Waals surface area contributed by atoms with Crippen LogP contribution in [0.1, 0.15) is 54.2 Å². The fourth-order valence-corrected chi connectivity index (χ4v) is 3.79. The van der Waals surface area contributed by atoms with Crippen LogP contribution in [-0.4, -0.2) is 15.6 Å². The molecule has 1 aliphatic rings. The molecule has 2 aromatic carbocycles. The van der Waals surface area contributed by atoms with Gasteiger partial charge >= 0.3 is 0 Å². The van der Waals surface area contributed by atoms with Gasteiger partial charge in [0.1, 0.15) is 5.82 Å². The van der Waals surface area contributed by atoms with Crippen LogP contribution in [0.3, 0.4) is 0 Å². The number of benzene rings is 2. The number of nitrogens with zero attached hydrogens (tertiary/aromatic N) is 2. The first-order valence-electron chi connectivity index (χ1n) is 9.22. The van der Waals surface area contributed by atoms with Crippen LogP contribution in [0, 0.1) is 0 Å². The fourth-order valence-electron chi connectivity index (χ4n) is 3.66. The zero-order valence-corrected chi connectivity index (χ0v) is 15.6. The number of nitrogens with one attached hydrogen (secondary N) is 1. The first-order chi connectivity index (χ1) is 13.1. The highest BCUT2D eigenvalue weighted by atomic mass is 35.5. The van der Waals surface area contributed by atoms with Gasteiger partial charge < -0.3 is 0 Å². The van der Waals surface area contributed by atoms with Crippen LogP contribution >= 0.6 is 11.6 Å². The Bertz CT molecular complexity index is 1040. The van der Waals surface area contributed by atoms with Gasteiger partial charge in [0, 0.05) is 16.5 Å². The monoisotopic (exact) mass is 381 g/mol. The van der Waals surface area contributed by atoms with Crippen molar-refractivity contribution in [2.24, 2.45) is 0 Å². The maximum absolute atomic E-state index is 13.1. The minimum absolute atomic E-state index is 0.168. The van der Waals surface area contributed by atoms with Gasteiger partial charge in [0.15, 0.2) is 0 Å². The number of fused-ring (bicyclic) bond motifs is 1. The molecule has 0 atom stereocenters. The molecule has 0 unspecified atom stereocenters. The summed E-state index contributed by atoms with van der Waals surface area (Å²) in [5, 5.41) is 1.05. The molecule has 1 aromatic heterocycles. The number of para-hydroxylation sites is 1. The summed E-state index contributed by atoms with van der Waals surface area (Å²) in [6.45, 7) is 0. The predicted octanol–water partition coefficient (Wildman–Crippen LogP) is 4.48. The fraction of sp³-hybridized carbons (Fsp3) is 0.286. The third-order valence-corrected chi connectivity index (χ3v) is 5.34. The molecule has 5 nitrogen and oxygen atoms in total. The summed E-state index contributed by atoms with van der Waals surface area (Å²) in [6, 6.07) is 13.8. The normalized spacial score (nSPS) is 15.0. The Balaban J connectivity index is 1.79. The van der Waals surface area contributed by atoms with E-state index in [1.165, 1.54) is 11.1 Å². The van der Waals surface area contributed by atoms with E-state index in [0.717, 1.165) is 25.7 Å². The number of hydrogen-bond donors (Lipinski definition) is 1. The van der Waals surface area contributed by atoms with Crippen LogP contribution < -0.4 is 11.0 Å². The summed E-state index contributed by atoms with van der Waals surface area (Å²) in [4.78, 5) is 30.6. The van der Waals surface area contributed by atoms with Crippen LogP contribution in [0.2, 0.25) is 5.02 Å². The molecule has 1 N–H and O–H groups in total. The molecule has 1 aliphatic carbocycles. The molecule has 1 amide bonds. The number of hydrogen-bond acceptors (Lipinski definition) is 3. The molecular weight excluding hydrogens is 362 g/mol. The van der Waals surface area contributed by atoms with E-state index in [1.54, 1.807) is 36.4 Å². The standard InChI is InChI=1S/C21H20ClN3O2/c22-16-12-10-15(11-13-16)20(26)24-25-19(14-6-2-1-3-7-14)23-18-9-5-4-8-17(18)21(25)27/h4-5,8-14H,1-3,6-7H2,(H,24,26). The van der Waals surface area contributed by atoms with Gasteiger partial charge in [-0.1, -0.05) is 43.0 Å². The van der Waals surface area contributed by atoms with E-state index in [2.05, 4.69) is 5.43 Å². The van der Waals surface area contributed by atoms with Crippen molar-refractivity contribution in [1.82, 2.24) is 9.66 Å². The van der Waals surface area contributed by atoms with Crippen LogP contribution in [0.15, 0.2) is 53.3 Å². The Morgan fingerprint density at radius 3 is 2.48 bits per heavy atom. The summed E-state index contributed by atoms with van der Waals surface area (Å²) in [6.07, 6.45) is 5.37. The molecule has 1 heterocycles. The van der Waals surface area contributed by atoms with E-state index in [0.29, 0.717) is 27.3 Å². The number of carbonyl (C=O) groups is 1. The van der Waals surface area contributed by atoms with Gasteiger partial charge in [0.05, 0.1) is 10.9 Å². The lowest BCUT2D eigenvalue weighted by Gasteiger charge is -2.24. The zero-order valence-electron chi connectivity index (χ0n) is 14.8. The average Bonchev–Trinajstić information content (AvgIpc) is 2.71. The Labute approximate surface area is 162 Å². The van der Waals surface area contributed by atoms with Crippen LogP contribution in [-0.2, 0) is 0 Å². The summed E-state index contributed by atoms with van der Waals surface area (Å²) in [7, 11) is 0. The molecule has 0 bridgehead atoms. The van der Waals surface area contributed by atoms with E-state index in [1.807, 2.05) is 12.1 Å². The van der Waals surface area contributed by atoms with E-state index in [4.69, 9.17) is 16.6 Å². The molecule has 0 saturated heterocycles. The van der Waals surface area contributed by atoms with Crippen molar-refractivity contribution < 1.29 is 4.79 Å².